The third-order valence-corrected chi connectivity index (χ3v) is 2.97. The van der Waals surface area contributed by atoms with Gasteiger partial charge in [-0.25, -0.2) is 0 Å². The first-order valence-electron chi connectivity index (χ1n) is 5.28. The number of halogens is 1. The molecule has 1 saturated heterocycles. The molecule has 0 spiro atoms. The molecule has 16 heavy (non-hydrogen) atoms. The Morgan fingerprint density at radius 3 is 2.62 bits per heavy atom. The van der Waals surface area contributed by atoms with Gasteiger partial charge in [-0.05, 0) is 30.9 Å². The molecule has 0 radical (unpaired) electrons. The van der Waals surface area contributed by atoms with E-state index in [-0.39, 0.29) is 18.4 Å². The molecule has 0 bridgehead atoms. The second kappa shape index (κ2) is 5.87. The summed E-state index contributed by atoms with van der Waals surface area (Å²) in [6.45, 7) is 0.788. The highest BCUT2D eigenvalue weighted by atomic mass is 35.5. The molecule has 3 nitrogen and oxygen atoms in total. The number of hydrogen-bond acceptors (Lipinski definition) is 2. The average molecular weight is 242 g/mol. The monoisotopic (exact) mass is 241 g/mol. The summed E-state index contributed by atoms with van der Waals surface area (Å²) in [5.41, 5.74) is 1.25. The average Bonchev–Trinajstić information content (AvgIpc) is 2.30. The smallest absolute Gasteiger partial charge is 0.320 e. The van der Waals surface area contributed by atoms with Crippen molar-refractivity contribution in [2.75, 3.05) is 6.54 Å². The van der Waals surface area contributed by atoms with Gasteiger partial charge in [0.05, 0.1) is 0 Å². The number of benzene rings is 1. The Kier molecular flexibility index (Phi) is 4.77. The van der Waals surface area contributed by atoms with E-state index in [1.807, 2.05) is 18.2 Å². The molecule has 0 saturated carbocycles. The molecule has 0 amide bonds. The molecule has 0 aromatic heterocycles. The lowest BCUT2D eigenvalue weighted by Gasteiger charge is -2.28. The Bertz CT molecular complexity index is 342. The zero-order chi connectivity index (χ0) is 10.7. The van der Waals surface area contributed by atoms with Crippen molar-refractivity contribution in [2.45, 2.75) is 24.8 Å². The van der Waals surface area contributed by atoms with Crippen LogP contribution in [0.2, 0.25) is 0 Å². The maximum Gasteiger partial charge on any atom is 0.320 e. The molecule has 1 aliphatic heterocycles. The first-order chi connectivity index (χ1) is 7.27. The van der Waals surface area contributed by atoms with Crippen LogP contribution in [0.25, 0.3) is 0 Å². The van der Waals surface area contributed by atoms with E-state index in [9.17, 15) is 4.79 Å². The van der Waals surface area contributed by atoms with Gasteiger partial charge in [0.25, 0.3) is 0 Å². The molecule has 1 fully saturated rings. The van der Waals surface area contributed by atoms with Gasteiger partial charge in [-0.3, -0.25) is 4.79 Å². The Hall–Kier alpha value is -1.06. The van der Waals surface area contributed by atoms with Gasteiger partial charge in [0.2, 0.25) is 0 Å². The Labute approximate surface area is 101 Å². The van der Waals surface area contributed by atoms with Crippen LogP contribution in [0.15, 0.2) is 30.3 Å². The minimum absolute atomic E-state index is 0. The molecule has 0 aliphatic carbocycles. The van der Waals surface area contributed by atoms with E-state index in [1.165, 1.54) is 5.56 Å². The predicted molar refractivity (Wildman–Crippen MR) is 65.1 cm³/mol. The summed E-state index contributed by atoms with van der Waals surface area (Å²) < 4.78 is 0. The number of hydrogen-bond donors (Lipinski definition) is 2. The van der Waals surface area contributed by atoms with Crippen LogP contribution in [-0.4, -0.2) is 23.7 Å². The third-order valence-electron chi connectivity index (χ3n) is 2.97. The molecule has 2 unspecified atom stereocenters. The van der Waals surface area contributed by atoms with Gasteiger partial charge in [0.15, 0.2) is 0 Å². The van der Waals surface area contributed by atoms with E-state index in [0.717, 1.165) is 13.0 Å². The van der Waals surface area contributed by atoms with E-state index >= 15 is 0 Å². The lowest BCUT2D eigenvalue weighted by atomic mass is 9.86. The van der Waals surface area contributed by atoms with Crippen molar-refractivity contribution in [3.8, 4) is 0 Å². The lowest BCUT2D eigenvalue weighted by Crippen LogP contribution is -2.42. The van der Waals surface area contributed by atoms with Crippen molar-refractivity contribution in [3.05, 3.63) is 35.9 Å². The molecule has 2 N–H and O–H groups in total. The van der Waals surface area contributed by atoms with Gasteiger partial charge in [-0.2, -0.15) is 0 Å². The Morgan fingerprint density at radius 2 is 2.00 bits per heavy atom. The number of carboxylic acid groups (broad SMARTS) is 1. The Balaban J connectivity index is 0.00000128. The first kappa shape index (κ1) is 13.0. The summed E-state index contributed by atoms with van der Waals surface area (Å²) in [5, 5.41) is 12.0. The summed E-state index contributed by atoms with van der Waals surface area (Å²) >= 11 is 0. The molecule has 1 aliphatic rings. The number of nitrogens with one attached hydrogen (secondary N) is 1. The zero-order valence-corrected chi connectivity index (χ0v) is 9.74. The second-order valence-electron chi connectivity index (χ2n) is 3.98. The minimum Gasteiger partial charge on any atom is -0.480 e. The van der Waals surface area contributed by atoms with E-state index in [4.69, 9.17) is 5.11 Å². The van der Waals surface area contributed by atoms with Crippen LogP contribution >= 0.6 is 12.4 Å². The van der Waals surface area contributed by atoms with Crippen molar-refractivity contribution in [1.29, 1.82) is 0 Å². The normalized spacial score (nSPS) is 24.5. The van der Waals surface area contributed by atoms with Crippen LogP contribution in [0.5, 0.6) is 0 Å². The highest BCUT2D eigenvalue weighted by Gasteiger charge is 2.26. The molecule has 1 aromatic carbocycles. The van der Waals surface area contributed by atoms with Crippen molar-refractivity contribution in [2.24, 2.45) is 0 Å². The molecule has 2 atom stereocenters. The van der Waals surface area contributed by atoms with E-state index < -0.39 is 5.97 Å². The molecular weight excluding hydrogens is 226 g/mol. The number of carboxylic acids is 1. The summed E-state index contributed by atoms with van der Waals surface area (Å²) in [4.78, 5) is 10.9. The number of carbonyl (C=O) groups is 1. The van der Waals surface area contributed by atoms with E-state index in [0.29, 0.717) is 12.3 Å². The van der Waals surface area contributed by atoms with Crippen LogP contribution in [-0.2, 0) is 4.79 Å². The first-order valence-corrected chi connectivity index (χ1v) is 5.28. The standard InChI is InChI=1S/C12H15NO2.ClH/c14-12(15)11-8-10(6-7-13-11)9-4-2-1-3-5-9;/h1-5,10-11,13H,6-8H2,(H,14,15);1H. The highest BCUT2D eigenvalue weighted by Crippen LogP contribution is 2.27. The predicted octanol–water partition coefficient (Wildman–Crippen LogP) is 2.03. The quantitative estimate of drug-likeness (QED) is 0.833. The van der Waals surface area contributed by atoms with Gasteiger partial charge in [0.1, 0.15) is 6.04 Å². The fourth-order valence-electron chi connectivity index (χ4n) is 2.13. The number of rotatable bonds is 2. The van der Waals surface area contributed by atoms with Crippen LogP contribution < -0.4 is 5.32 Å². The molecule has 2 rings (SSSR count). The molecule has 4 heteroatoms. The summed E-state index contributed by atoms with van der Waals surface area (Å²) in [7, 11) is 0. The zero-order valence-electron chi connectivity index (χ0n) is 8.93. The fraction of sp³-hybridized carbons (Fsp3) is 0.417. The van der Waals surface area contributed by atoms with Crippen LogP contribution in [0, 0.1) is 0 Å². The summed E-state index contributed by atoms with van der Waals surface area (Å²) in [6, 6.07) is 9.77. The maximum atomic E-state index is 10.9. The van der Waals surface area contributed by atoms with Gasteiger partial charge >= 0.3 is 5.97 Å². The van der Waals surface area contributed by atoms with Crippen LogP contribution in [0.3, 0.4) is 0 Å². The number of piperidine rings is 1. The Morgan fingerprint density at radius 1 is 1.31 bits per heavy atom. The molecular formula is C12H16ClNO2. The van der Waals surface area contributed by atoms with E-state index in [1.54, 1.807) is 0 Å². The third kappa shape index (κ3) is 2.97. The van der Waals surface area contributed by atoms with E-state index in [2.05, 4.69) is 17.4 Å². The van der Waals surface area contributed by atoms with Crippen LogP contribution in [0.1, 0.15) is 24.3 Å². The number of aliphatic carboxylic acids is 1. The summed E-state index contributed by atoms with van der Waals surface area (Å²) in [5.74, 6) is -0.357. The van der Waals surface area contributed by atoms with Crippen molar-refractivity contribution in [3.63, 3.8) is 0 Å². The molecule has 88 valence electrons. The highest BCUT2D eigenvalue weighted by molar-refractivity contribution is 5.85. The minimum atomic E-state index is -0.740. The van der Waals surface area contributed by atoms with Crippen molar-refractivity contribution in [1.82, 2.24) is 5.32 Å². The van der Waals surface area contributed by atoms with Crippen molar-refractivity contribution >= 4 is 18.4 Å². The fourth-order valence-corrected chi connectivity index (χ4v) is 2.13. The summed E-state index contributed by atoms with van der Waals surface area (Å²) in [6.07, 6.45) is 1.72. The molecule has 1 heterocycles. The SMILES string of the molecule is Cl.O=C(O)C1CC(c2ccccc2)CCN1. The molecule has 1 aromatic rings. The van der Waals surface area contributed by atoms with Gasteiger partial charge in [-0.15, -0.1) is 12.4 Å². The largest absolute Gasteiger partial charge is 0.480 e. The van der Waals surface area contributed by atoms with Crippen molar-refractivity contribution < 1.29 is 9.90 Å². The van der Waals surface area contributed by atoms with Gasteiger partial charge in [0, 0.05) is 0 Å². The van der Waals surface area contributed by atoms with Gasteiger partial charge < -0.3 is 10.4 Å². The maximum absolute atomic E-state index is 10.9. The van der Waals surface area contributed by atoms with Crippen LogP contribution in [0.4, 0.5) is 0 Å². The topological polar surface area (TPSA) is 49.3 Å². The second-order valence-corrected chi connectivity index (χ2v) is 3.98. The lowest BCUT2D eigenvalue weighted by molar-refractivity contribution is -0.140. The van der Waals surface area contributed by atoms with Gasteiger partial charge in [-0.1, -0.05) is 30.3 Å².